The highest BCUT2D eigenvalue weighted by Crippen LogP contribution is 2.64. The molecule has 0 aromatic heterocycles. The van der Waals surface area contributed by atoms with Gasteiger partial charge in [0, 0.05) is 22.7 Å². The van der Waals surface area contributed by atoms with Gasteiger partial charge >= 0.3 is 5.97 Å². The molecule has 0 saturated carbocycles. The highest BCUT2D eigenvalue weighted by Gasteiger charge is 2.72. The SMILES string of the molecule is CC(C)(C)C[C@H]1N2[C@H](C(=O)O[C@@H](c3ccccc3)[C@H]2c2ccccc2)[C@@H](c2cccc(Cl)c2F)[C@]12C(=O)Nc1cc(Cl)ccc12. The first-order valence-electron chi connectivity index (χ1n) is 15.2. The molecule has 7 rings (SSSR count). The van der Waals surface area contributed by atoms with Crippen LogP contribution in [0.15, 0.2) is 97.1 Å². The third-order valence-electron chi connectivity index (χ3n) is 9.55. The van der Waals surface area contributed by atoms with E-state index in [9.17, 15) is 9.59 Å². The molecule has 1 amide bonds. The van der Waals surface area contributed by atoms with Crippen molar-refractivity contribution in [2.24, 2.45) is 5.41 Å². The van der Waals surface area contributed by atoms with Gasteiger partial charge in [-0.3, -0.25) is 14.5 Å². The highest BCUT2D eigenvalue weighted by molar-refractivity contribution is 6.31. The number of carbonyl (C=O) groups is 2. The fourth-order valence-electron chi connectivity index (χ4n) is 7.98. The summed E-state index contributed by atoms with van der Waals surface area (Å²) < 4.78 is 22.7. The van der Waals surface area contributed by atoms with Gasteiger partial charge in [0.05, 0.1) is 11.1 Å². The Hall–Kier alpha value is -3.71. The van der Waals surface area contributed by atoms with Gasteiger partial charge in [0.2, 0.25) is 5.91 Å². The third kappa shape index (κ3) is 4.68. The lowest BCUT2D eigenvalue weighted by molar-refractivity contribution is -0.176. The van der Waals surface area contributed by atoms with Crippen LogP contribution >= 0.6 is 23.2 Å². The molecule has 0 unspecified atom stereocenters. The average Bonchev–Trinajstić information content (AvgIpc) is 3.46. The summed E-state index contributed by atoms with van der Waals surface area (Å²) in [5.41, 5.74) is 1.55. The van der Waals surface area contributed by atoms with E-state index in [1.807, 2.05) is 66.7 Å². The number of rotatable bonds is 4. The number of esters is 1. The molecular formula is C37H33Cl2FN2O3. The largest absolute Gasteiger partial charge is 0.454 e. The van der Waals surface area contributed by atoms with Crippen LogP contribution in [0.2, 0.25) is 10.0 Å². The van der Waals surface area contributed by atoms with Crippen molar-refractivity contribution in [3.05, 3.63) is 135 Å². The maximum Gasteiger partial charge on any atom is 0.324 e. The van der Waals surface area contributed by atoms with Gasteiger partial charge in [0.1, 0.15) is 23.4 Å². The summed E-state index contributed by atoms with van der Waals surface area (Å²) in [7, 11) is 0. The van der Waals surface area contributed by atoms with Crippen LogP contribution in [0.4, 0.5) is 10.1 Å². The molecule has 2 fully saturated rings. The molecule has 45 heavy (non-hydrogen) atoms. The second-order valence-corrected chi connectivity index (χ2v) is 14.3. The third-order valence-corrected chi connectivity index (χ3v) is 10.1. The fraction of sp³-hybridized carbons (Fsp3) is 0.297. The number of cyclic esters (lactones) is 1. The van der Waals surface area contributed by atoms with Crippen LogP contribution in [0.3, 0.4) is 0 Å². The topological polar surface area (TPSA) is 58.6 Å². The molecule has 0 bridgehead atoms. The van der Waals surface area contributed by atoms with Gasteiger partial charge in [-0.05, 0) is 52.3 Å². The van der Waals surface area contributed by atoms with Crippen LogP contribution in [0, 0.1) is 11.2 Å². The number of anilines is 1. The standard InChI is InChI=1S/C37H33Cl2FN2O3/c1-36(2,3)20-28-37(25-18-17-23(38)19-27(25)41-35(37)44)29(24-15-10-16-26(39)30(24)40)32-34(43)45-33(22-13-8-5-9-14-22)31(42(28)32)21-11-6-4-7-12-21/h4-19,28-29,31-33H,20H2,1-3H3,(H,41,44)/t28-,29-,31-,32+,33+,37-/m1/s1. The van der Waals surface area contributed by atoms with Gasteiger partial charge in [-0.2, -0.15) is 0 Å². The first-order valence-corrected chi connectivity index (χ1v) is 15.9. The molecule has 4 aromatic rings. The molecule has 1 N–H and O–H groups in total. The molecule has 2 saturated heterocycles. The first kappa shape index (κ1) is 30.0. The van der Waals surface area contributed by atoms with E-state index < -0.39 is 47.3 Å². The summed E-state index contributed by atoms with van der Waals surface area (Å²) in [6.07, 6.45) is -0.149. The highest BCUT2D eigenvalue weighted by atomic mass is 35.5. The number of fused-ring (bicyclic) bond motifs is 3. The predicted octanol–water partition coefficient (Wildman–Crippen LogP) is 8.63. The van der Waals surface area contributed by atoms with Gasteiger partial charge in [-0.1, -0.05) is 123 Å². The average molecular weight is 644 g/mol. The lowest BCUT2D eigenvalue weighted by Crippen LogP contribution is -2.54. The Labute approximate surface area is 272 Å². The number of hydrogen-bond acceptors (Lipinski definition) is 4. The fourth-order valence-corrected chi connectivity index (χ4v) is 8.33. The molecule has 6 atom stereocenters. The number of amides is 1. The lowest BCUT2D eigenvalue weighted by atomic mass is 9.62. The van der Waals surface area contributed by atoms with Gasteiger partial charge < -0.3 is 10.1 Å². The summed E-state index contributed by atoms with van der Waals surface area (Å²) in [4.78, 5) is 31.5. The van der Waals surface area contributed by atoms with Gasteiger partial charge in [-0.15, -0.1) is 0 Å². The summed E-state index contributed by atoms with van der Waals surface area (Å²) in [6, 6.07) is 27.7. The first-order chi connectivity index (χ1) is 21.5. The van der Waals surface area contributed by atoms with Crippen molar-refractivity contribution in [1.82, 2.24) is 4.90 Å². The summed E-state index contributed by atoms with van der Waals surface area (Å²) in [5, 5.41) is 3.47. The molecule has 230 valence electrons. The normalized spacial score (nSPS) is 27.6. The van der Waals surface area contributed by atoms with E-state index in [4.69, 9.17) is 27.9 Å². The van der Waals surface area contributed by atoms with Crippen LogP contribution in [-0.2, 0) is 19.7 Å². The van der Waals surface area contributed by atoms with Crippen LogP contribution in [0.5, 0.6) is 0 Å². The van der Waals surface area contributed by atoms with E-state index in [-0.39, 0.29) is 21.9 Å². The maximum absolute atomic E-state index is 16.3. The number of nitrogens with one attached hydrogen (secondary N) is 1. The Kier molecular flexibility index (Phi) is 7.31. The number of halogens is 3. The molecule has 0 aliphatic carbocycles. The van der Waals surface area contributed by atoms with E-state index in [0.717, 1.165) is 11.1 Å². The quantitative estimate of drug-likeness (QED) is 0.226. The Balaban J connectivity index is 1.58. The van der Waals surface area contributed by atoms with Gasteiger partial charge in [0.25, 0.3) is 0 Å². The van der Waals surface area contributed by atoms with Crippen molar-refractivity contribution in [2.75, 3.05) is 5.32 Å². The monoisotopic (exact) mass is 642 g/mol. The molecule has 4 aromatic carbocycles. The molecule has 1 spiro atoms. The van der Waals surface area contributed by atoms with Crippen LogP contribution < -0.4 is 5.32 Å². The Morgan fingerprint density at radius 1 is 0.867 bits per heavy atom. The predicted molar refractivity (Wildman–Crippen MR) is 174 cm³/mol. The zero-order chi connectivity index (χ0) is 31.7. The molecule has 3 heterocycles. The zero-order valence-corrected chi connectivity index (χ0v) is 26.6. The van der Waals surface area contributed by atoms with Crippen molar-refractivity contribution in [2.45, 2.75) is 62.8 Å². The van der Waals surface area contributed by atoms with Crippen molar-refractivity contribution in [3.63, 3.8) is 0 Å². The molecule has 0 radical (unpaired) electrons. The number of hydrogen-bond donors (Lipinski definition) is 1. The minimum absolute atomic E-state index is 0.0749. The summed E-state index contributed by atoms with van der Waals surface area (Å²) >= 11 is 12.8. The minimum Gasteiger partial charge on any atom is -0.454 e. The smallest absolute Gasteiger partial charge is 0.324 e. The van der Waals surface area contributed by atoms with Crippen LogP contribution in [0.1, 0.15) is 67.5 Å². The second-order valence-electron chi connectivity index (χ2n) is 13.4. The molecule has 3 aliphatic heterocycles. The molecule has 8 heteroatoms. The summed E-state index contributed by atoms with van der Waals surface area (Å²) in [5.74, 6) is -2.42. The van der Waals surface area contributed by atoms with Crippen LogP contribution in [-0.4, -0.2) is 28.9 Å². The maximum atomic E-state index is 16.3. The molecule has 5 nitrogen and oxygen atoms in total. The van der Waals surface area contributed by atoms with Gasteiger partial charge in [0.15, 0.2) is 0 Å². The minimum atomic E-state index is -1.37. The Morgan fingerprint density at radius 3 is 2.20 bits per heavy atom. The number of benzene rings is 4. The number of ether oxygens (including phenoxy) is 1. The molecule has 3 aliphatic rings. The van der Waals surface area contributed by atoms with Crippen molar-refractivity contribution < 1.29 is 18.7 Å². The van der Waals surface area contributed by atoms with Crippen molar-refractivity contribution in [1.29, 1.82) is 0 Å². The second kappa shape index (κ2) is 11.0. The van der Waals surface area contributed by atoms with Crippen molar-refractivity contribution in [3.8, 4) is 0 Å². The van der Waals surface area contributed by atoms with E-state index in [1.54, 1.807) is 24.3 Å². The van der Waals surface area contributed by atoms with E-state index >= 15 is 4.39 Å². The Morgan fingerprint density at radius 2 is 1.53 bits per heavy atom. The van der Waals surface area contributed by atoms with E-state index in [1.165, 1.54) is 6.07 Å². The number of carbonyl (C=O) groups excluding carboxylic acids is 2. The molecular weight excluding hydrogens is 610 g/mol. The summed E-state index contributed by atoms with van der Waals surface area (Å²) in [6.45, 7) is 6.35. The van der Waals surface area contributed by atoms with Crippen LogP contribution in [0.25, 0.3) is 0 Å². The van der Waals surface area contributed by atoms with Gasteiger partial charge in [-0.25, -0.2) is 4.39 Å². The van der Waals surface area contributed by atoms with Crippen molar-refractivity contribution >= 4 is 40.8 Å². The number of nitrogens with zero attached hydrogens (tertiary/aromatic N) is 1. The van der Waals surface area contributed by atoms with E-state index in [0.29, 0.717) is 22.7 Å². The lowest BCUT2D eigenvalue weighted by Gasteiger charge is -2.47. The number of morpholine rings is 1. The zero-order valence-electron chi connectivity index (χ0n) is 25.1. The van der Waals surface area contributed by atoms with E-state index in [2.05, 4.69) is 31.0 Å². The Bertz CT molecular complexity index is 1790.